The number of nitrogens with zero attached hydrogens (tertiary/aromatic N) is 1. The van der Waals surface area contributed by atoms with Crippen molar-refractivity contribution < 1.29 is 0 Å². The number of hydrogen-bond acceptors (Lipinski definition) is 1. The first-order valence-electron chi connectivity index (χ1n) is 6.00. The number of fused-ring (bicyclic) bond motifs is 1. The Kier molecular flexibility index (Phi) is 2.94. The van der Waals surface area contributed by atoms with Crippen molar-refractivity contribution in [1.82, 2.24) is 3.56 Å². The van der Waals surface area contributed by atoms with Gasteiger partial charge in [-0.3, -0.25) is 0 Å². The van der Waals surface area contributed by atoms with Crippen LogP contribution in [0.1, 0.15) is 12.5 Å². The molecule has 1 aromatic heterocycles. The molecule has 0 radical (unpaired) electrons. The van der Waals surface area contributed by atoms with Crippen LogP contribution in [-0.2, 0) is 6.42 Å². The summed E-state index contributed by atoms with van der Waals surface area (Å²) in [7, 11) is 0. The first kappa shape index (κ1) is 11.5. The van der Waals surface area contributed by atoms with Gasteiger partial charge in [-0.1, -0.05) is 0 Å². The van der Waals surface area contributed by atoms with Gasteiger partial charge in [-0.25, -0.2) is 0 Å². The third kappa shape index (κ3) is 1.86. The zero-order valence-electron chi connectivity index (χ0n) is 10.1. The van der Waals surface area contributed by atoms with Crippen LogP contribution in [0.5, 0.6) is 0 Å². The van der Waals surface area contributed by atoms with Crippen molar-refractivity contribution in [1.29, 1.82) is 0 Å². The summed E-state index contributed by atoms with van der Waals surface area (Å²) in [5, 5.41) is 0.858. The predicted octanol–water partition coefficient (Wildman–Crippen LogP) is 2.61. The van der Waals surface area contributed by atoms with E-state index in [9.17, 15) is 4.79 Å². The van der Waals surface area contributed by atoms with E-state index in [-0.39, 0.29) is 20.3 Å². The first-order chi connectivity index (χ1) is 8.79. The second kappa shape index (κ2) is 4.60. The molecular weight excluding hydrogens is 289 g/mol. The molecule has 0 amide bonds. The normalized spacial score (nSPS) is 10.9. The fourth-order valence-electron chi connectivity index (χ4n) is 2.01. The molecule has 0 aliphatic rings. The maximum atomic E-state index is 12.3. The fraction of sp³-hybridized carbons (Fsp3) is 0.133. The molecule has 90 valence electrons. The molecule has 0 atom stereocenters. The third-order valence-corrected chi connectivity index (χ3v) is 5.40. The standard InChI is InChI=1S/C15H13NOSe/c1-2-11-7-9-12(10-8-11)16-15(17)13-5-3-4-6-14(13)18-16/h3-10H,2H2,1H3. The van der Waals surface area contributed by atoms with Crippen molar-refractivity contribution >= 4 is 24.4 Å². The molecule has 0 saturated heterocycles. The number of hydrogen-bond donors (Lipinski definition) is 0. The van der Waals surface area contributed by atoms with Gasteiger partial charge in [-0.2, -0.15) is 0 Å². The second-order valence-corrected chi connectivity index (χ2v) is 6.28. The summed E-state index contributed by atoms with van der Waals surface area (Å²) in [6.07, 6.45) is 1.03. The Labute approximate surface area is 111 Å². The quantitative estimate of drug-likeness (QED) is 0.667. The minimum absolute atomic E-state index is 0.0708. The first-order valence-corrected chi connectivity index (χ1v) is 7.62. The van der Waals surface area contributed by atoms with Crippen LogP contribution in [0.4, 0.5) is 0 Å². The summed E-state index contributed by atoms with van der Waals surface area (Å²) in [4.78, 5) is 12.3. The Morgan fingerprint density at radius 2 is 1.78 bits per heavy atom. The Bertz CT molecular complexity index is 737. The van der Waals surface area contributed by atoms with Gasteiger partial charge in [0.05, 0.1) is 0 Å². The van der Waals surface area contributed by atoms with Gasteiger partial charge < -0.3 is 0 Å². The summed E-state index contributed by atoms with van der Waals surface area (Å²) < 4.78 is 3.08. The van der Waals surface area contributed by atoms with Crippen LogP contribution in [-0.4, -0.2) is 18.3 Å². The van der Waals surface area contributed by atoms with E-state index >= 15 is 0 Å². The van der Waals surface area contributed by atoms with Gasteiger partial charge in [0.25, 0.3) is 0 Å². The molecule has 0 aliphatic heterocycles. The van der Waals surface area contributed by atoms with E-state index in [0.29, 0.717) is 0 Å². The molecule has 2 aromatic carbocycles. The molecule has 0 fully saturated rings. The molecule has 0 spiro atoms. The van der Waals surface area contributed by atoms with Gasteiger partial charge in [0.1, 0.15) is 0 Å². The Balaban J connectivity index is 2.18. The van der Waals surface area contributed by atoms with E-state index in [4.69, 9.17) is 0 Å². The molecule has 0 N–H and O–H groups in total. The molecule has 18 heavy (non-hydrogen) atoms. The van der Waals surface area contributed by atoms with Crippen LogP contribution in [0.25, 0.3) is 15.3 Å². The molecular formula is C15H13NOSe. The third-order valence-electron chi connectivity index (χ3n) is 3.07. The molecule has 0 unspecified atom stereocenters. The van der Waals surface area contributed by atoms with E-state index in [1.165, 1.54) is 9.82 Å². The van der Waals surface area contributed by atoms with E-state index < -0.39 is 0 Å². The molecule has 3 rings (SSSR count). The summed E-state index contributed by atoms with van der Waals surface area (Å²) in [6.45, 7) is 2.13. The van der Waals surface area contributed by atoms with E-state index in [1.54, 1.807) is 0 Å². The Morgan fingerprint density at radius 3 is 2.44 bits per heavy atom. The zero-order chi connectivity index (χ0) is 12.5. The van der Waals surface area contributed by atoms with Crippen LogP contribution in [0.2, 0.25) is 0 Å². The molecule has 1 heterocycles. The second-order valence-electron chi connectivity index (χ2n) is 4.21. The van der Waals surface area contributed by atoms with Gasteiger partial charge in [-0.05, 0) is 0 Å². The molecule has 0 saturated carbocycles. The molecule has 3 aromatic rings. The van der Waals surface area contributed by atoms with Crippen molar-refractivity contribution in [2.75, 3.05) is 0 Å². The summed E-state index contributed by atoms with van der Waals surface area (Å²) in [5.74, 6) is 0. The molecule has 0 bridgehead atoms. The Hall–Kier alpha value is -1.57. The van der Waals surface area contributed by atoms with Crippen molar-refractivity contribution in [3.63, 3.8) is 0 Å². The number of aromatic nitrogens is 1. The van der Waals surface area contributed by atoms with Crippen molar-refractivity contribution in [3.05, 3.63) is 64.4 Å². The van der Waals surface area contributed by atoms with E-state index in [1.807, 2.05) is 40.0 Å². The van der Waals surface area contributed by atoms with E-state index in [0.717, 1.165) is 17.5 Å². The van der Waals surface area contributed by atoms with Crippen LogP contribution < -0.4 is 5.56 Å². The van der Waals surface area contributed by atoms with Crippen LogP contribution in [0.3, 0.4) is 0 Å². The average Bonchev–Trinajstić information content (AvgIpc) is 2.77. The van der Waals surface area contributed by atoms with Gasteiger partial charge in [0.15, 0.2) is 0 Å². The van der Waals surface area contributed by atoms with Crippen LogP contribution in [0.15, 0.2) is 53.3 Å². The summed E-state index contributed by atoms with van der Waals surface area (Å²) in [5.41, 5.74) is 2.44. The van der Waals surface area contributed by atoms with Gasteiger partial charge in [0, 0.05) is 0 Å². The maximum absolute atomic E-state index is 12.3. The fourth-order valence-corrected chi connectivity index (χ4v) is 4.10. The Morgan fingerprint density at radius 1 is 1.06 bits per heavy atom. The van der Waals surface area contributed by atoms with Crippen LogP contribution in [0, 0.1) is 0 Å². The van der Waals surface area contributed by atoms with Crippen molar-refractivity contribution in [3.8, 4) is 5.69 Å². The SMILES string of the molecule is CCc1ccc(-n2[se]c3ccccc3c2=O)cc1. The number of aryl methyl sites for hydroxylation is 1. The van der Waals surface area contributed by atoms with Crippen LogP contribution >= 0.6 is 0 Å². The molecule has 3 heteroatoms. The molecule has 0 aliphatic carbocycles. The van der Waals surface area contributed by atoms with Gasteiger partial charge in [-0.15, -0.1) is 0 Å². The van der Waals surface area contributed by atoms with Crippen molar-refractivity contribution in [2.24, 2.45) is 0 Å². The van der Waals surface area contributed by atoms with Gasteiger partial charge >= 0.3 is 111 Å². The minimum atomic E-state index is 0.0708. The predicted molar refractivity (Wildman–Crippen MR) is 75.9 cm³/mol. The molecule has 2 nitrogen and oxygen atoms in total. The van der Waals surface area contributed by atoms with Gasteiger partial charge in [0.2, 0.25) is 0 Å². The number of rotatable bonds is 2. The zero-order valence-corrected chi connectivity index (χ0v) is 11.8. The summed E-state index contributed by atoms with van der Waals surface area (Å²) >= 11 is 0.0708. The summed E-state index contributed by atoms with van der Waals surface area (Å²) in [6, 6.07) is 16.2. The number of benzene rings is 2. The van der Waals surface area contributed by atoms with E-state index in [2.05, 4.69) is 19.1 Å². The topological polar surface area (TPSA) is 22.0 Å². The monoisotopic (exact) mass is 303 g/mol. The van der Waals surface area contributed by atoms with Crippen molar-refractivity contribution in [2.45, 2.75) is 13.3 Å². The average molecular weight is 302 g/mol.